The van der Waals surface area contributed by atoms with Gasteiger partial charge < -0.3 is 9.52 Å². The molecule has 0 unspecified atom stereocenters. The van der Waals surface area contributed by atoms with Crippen LogP contribution in [0.2, 0.25) is 0 Å². The molecule has 1 saturated heterocycles. The molecule has 3 aromatic rings. The zero-order chi connectivity index (χ0) is 18.8. The highest BCUT2D eigenvalue weighted by Crippen LogP contribution is 2.33. The largest absolute Gasteiger partial charge is 0.478 e. The molecule has 4 rings (SSSR count). The molecule has 27 heavy (non-hydrogen) atoms. The average molecular weight is 362 g/mol. The predicted octanol–water partition coefficient (Wildman–Crippen LogP) is 4.69. The molecule has 3 heterocycles. The number of carboxylic acid groups (broad SMARTS) is 1. The lowest BCUT2D eigenvalue weighted by molar-refractivity contribution is 0.0697. The van der Waals surface area contributed by atoms with Gasteiger partial charge in [0, 0.05) is 11.8 Å². The Morgan fingerprint density at radius 3 is 2.85 bits per heavy atom. The second-order valence-electron chi connectivity index (χ2n) is 7.01. The Hall–Kier alpha value is -2.92. The maximum Gasteiger partial charge on any atom is 0.336 e. The highest BCUT2D eigenvalue weighted by Gasteiger charge is 2.28. The summed E-state index contributed by atoms with van der Waals surface area (Å²) >= 11 is 0. The Bertz CT molecular complexity index is 946. The number of hydrogen-bond acceptors (Lipinski definition) is 4. The van der Waals surface area contributed by atoms with Crippen LogP contribution in [0.15, 0.2) is 59.1 Å². The van der Waals surface area contributed by atoms with Crippen LogP contribution in [0.5, 0.6) is 0 Å². The maximum absolute atomic E-state index is 11.4. The third kappa shape index (κ3) is 3.64. The molecule has 0 spiro atoms. The first-order valence-corrected chi connectivity index (χ1v) is 9.20. The molecule has 1 atom stereocenters. The van der Waals surface area contributed by atoms with Gasteiger partial charge in [-0.1, -0.05) is 24.3 Å². The lowest BCUT2D eigenvalue weighted by Crippen LogP contribution is -2.23. The highest BCUT2D eigenvalue weighted by atomic mass is 16.4. The lowest BCUT2D eigenvalue weighted by Gasteiger charge is -2.23. The summed E-state index contributed by atoms with van der Waals surface area (Å²) in [7, 11) is 0. The van der Waals surface area contributed by atoms with E-state index in [-0.39, 0.29) is 5.56 Å². The maximum atomic E-state index is 11.4. The minimum atomic E-state index is -0.950. The van der Waals surface area contributed by atoms with Crippen molar-refractivity contribution in [2.75, 3.05) is 6.54 Å². The average Bonchev–Trinajstić information content (AvgIpc) is 3.32. The Balaban J connectivity index is 1.54. The zero-order valence-corrected chi connectivity index (χ0v) is 15.3. The van der Waals surface area contributed by atoms with Crippen molar-refractivity contribution in [3.63, 3.8) is 0 Å². The van der Waals surface area contributed by atoms with E-state index >= 15 is 0 Å². The van der Waals surface area contributed by atoms with Gasteiger partial charge in [-0.05, 0) is 56.1 Å². The van der Waals surface area contributed by atoms with E-state index in [2.05, 4.69) is 22.0 Å². The number of nitrogens with zero attached hydrogens (tertiary/aromatic N) is 2. The van der Waals surface area contributed by atoms with Crippen molar-refractivity contribution >= 4 is 5.97 Å². The van der Waals surface area contributed by atoms with Crippen molar-refractivity contribution in [2.45, 2.75) is 32.4 Å². The third-order valence-corrected chi connectivity index (χ3v) is 5.08. The van der Waals surface area contributed by atoms with Gasteiger partial charge in [-0.15, -0.1) is 0 Å². The normalized spacial score (nSPS) is 17.3. The van der Waals surface area contributed by atoms with E-state index in [0.717, 1.165) is 36.4 Å². The Morgan fingerprint density at radius 1 is 1.22 bits per heavy atom. The van der Waals surface area contributed by atoms with Gasteiger partial charge in [0.15, 0.2) is 0 Å². The quantitative estimate of drug-likeness (QED) is 0.713. The van der Waals surface area contributed by atoms with Gasteiger partial charge in [-0.3, -0.25) is 9.88 Å². The number of likely N-dealkylation sites (tertiary alicyclic amines) is 1. The molecule has 1 aliphatic heterocycles. The molecular weight excluding hydrogens is 340 g/mol. The topological polar surface area (TPSA) is 66.6 Å². The van der Waals surface area contributed by atoms with E-state index in [1.807, 2.05) is 31.3 Å². The van der Waals surface area contributed by atoms with E-state index in [1.165, 1.54) is 0 Å². The number of aryl methyl sites for hydroxylation is 1. The number of aromatic carboxylic acids is 1. The minimum absolute atomic E-state index is 0.251. The molecule has 1 N–H and O–H groups in total. The van der Waals surface area contributed by atoms with Crippen LogP contribution in [0.4, 0.5) is 0 Å². The van der Waals surface area contributed by atoms with Crippen molar-refractivity contribution < 1.29 is 14.3 Å². The first-order chi connectivity index (χ1) is 13.1. The third-order valence-electron chi connectivity index (χ3n) is 5.08. The van der Waals surface area contributed by atoms with Gasteiger partial charge in [0.05, 0.1) is 23.8 Å². The fourth-order valence-corrected chi connectivity index (χ4v) is 3.72. The summed E-state index contributed by atoms with van der Waals surface area (Å²) < 4.78 is 6.00. The van der Waals surface area contributed by atoms with Crippen molar-refractivity contribution in [1.82, 2.24) is 9.88 Å². The van der Waals surface area contributed by atoms with Crippen LogP contribution in [0.3, 0.4) is 0 Å². The summed E-state index contributed by atoms with van der Waals surface area (Å²) in [5.74, 6) is 0.477. The Morgan fingerprint density at radius 2 is 2.07 bits per heavy atom. The molecule has 1 aliphatic rings. The van der Waals surface area contributed by atoms with Crippen LogP contribution in [-0.4, -0.2) is 27.5 Å². The Kier molecular flexibility index (Phi) is 4.77. The van der Waals surface area contributed by atoms with Crippen molar-refractivity contribution in [2.24, 2.45) is 0 Å². The van der Waals surface area contributed by atoms with E-state index in [4.69, 9.17) is 4.42 Å². The number of pyridine rings is 1. The van der Waals surface area contributed by atoms with E-state index < -0.39 is 5.97 Å². The van der Waals surface area contributed by atoms with Gasteiger partial charge >= 0.3 is 5.97 Å². The van der Waals surface area contributed by atoms with Crippen molar-refractivity contribution in [1.29, 1.82) is 0 Å². The summed E-state index contributed by atoms with van der Waals surface area (Å²) in [6, 6.07) is 15.2. The standard InChI is InChI=1S/C22H22N2O3/c1-15-8-10-19(23-13-15)20-7-4-12-24(20)14-16-9-11-21(27-16)17-5-2-3-6-18(17)22(25)26/h2-3,5-6,8-11,13,20H,4,7,12,14H2,1H3,(H,25,26)/t20-/m1/s1. The molecule has 1 aromatic carbocycles. The fourth-order valence-electron chi connectivity index (χ4n) is 3.72. The number of hydrogen-bond donors (Lipinski definition) is 1. The van der Waals surface area contributed by atoms with Gasteiger partial charge in [0.25, 0.3) is 0 Å². The first kappa shape index (κ1) is 17.5. The van der Waals surface area contributed by atoms with Gasteiger partial charge in [-0.25, -0.2) is 4.79 Å². The van der Waals surface area contributed by atoms with Gasteiger partial charge in [0.1, 0.15) is 11.5 Å². The van der Waals surface area contributed by atoms with Crippen LogP contribution in [0.25, 0.3) is 11.3 Å². The first-order valence-electron chi connectivity index (χ1n) is 9.20. The fraction of sp³-hybridized carbons (Fsp3) is 0.273. The van der Waals surface area contributed by atoms with Gasteiger partial charge in [0.2, 0.25) is 0 Å². The molecule has 1 fully saturated rings. The van der Waals surface area contributed by atoms with Crippen LogP contribution in [0.1, 0.15) is 46.3 Å². The van der Waals surface area contributed by atoms with Gasteiger partial charge in [-0.2, -0.15) is 0 Å². The summed E-state index contributed by atoms with van der Waals surface area (Å²) in [4.78, 5) is 18.4. The molecule has 138 valence electrons. The number of rotatable bonds is 5. The summed E-state index contributed by atoms with van der Waals surface area (Å²) in [5.41, 5.74) is 3.12. The second-order valence-corrected chi connectivity index (χ2v) is 7.01. The number of aromatic nitrogens is 1. The van der Waals surface area contributed by atoms with Crippen LogP contribution < -0.4 is 0 Å². The van der Waals surface area contributed by atoms with Crippen LogP contribution >= 0.6 is 0 Å². The molecule has 0 saturated carbocycles. The minimum Gasteiger partial charge on any atom is -0.478 e. The number of carbonyl (C=O) groups is 1. The molecule has 0 bridgehead atoms. The molecule has 2 aromatic heterocycles. The van der Waals surface area contributed by atoms with Crippen molar-refractivity contribution in [3.8, 4) is 11.3 Å². The smallest absolute Gasteiger partial charge is 0.336 e. The lowest BCUT2D eigenvalue weighted by atomic mass is 10.1. The van der Waals surface area contributed by atoms with Crippen molar-refractivity contribution in [3.05, 3.63) is 77.3 Å². The summed E-state index contributed by atoms with van der Waals surface area (Å²) in [5, 5.41) is 9.39. The molecule has 5 heteroatoms. The predicted molar refractivity (Wildman–Crippen MR) is 102 cm³/mol. The second kappa shape index (κ2) is 7.37. The van der Waals surface area contributed by atoms with E-state index in [9.17, 15) is 9.90 Å². The number of furan rings is 1. The van der Waals surface area contributed by atoms with Crippen LogP contribution in [-0.2, 0) is 6.54 Å². The molecule has 5 nitrogen and oxygen atoms in total. The molecule has 0 amide bonds. The van der Waals surface area contributed by atoms with Crippen LogP contribution in [0, 0.1) is 6.92 Å². The summed E-state index contributed by atoms with van der Waals surface area (Å²) in [6.45, 7) is 3.74. The molecule has 0 radical (unpaired) electrons. The van der Waals surface area contributed by atoms with E-state index in [1.54, 1.807) is 18.2 Å². The van der Waals surface area contributed by atoms with E-state index in [0.29, 0.717) is 23.9 Å². The molecule has 0 aliphatic carbocycles. The monoisotopic (exact) mass is 362 g/mol. The number of carboxylic acids is 1. The summed E-state index contributed by atoms with van der Waals surface area (Å²) in [6.07, 6.45) is 4.14. The molecular formula is C22H22N2O3. The SMILES string of the molecule is Cc1ccc([C@H]2CCCN2Cc2ccc(-c3ccccc3C(=O)O)o2)nc1. The zero-order valence-electron chi connectivity index (χ0n) is 15.3. The Labute approximate surface area is 158 Å². The number of benzene rings is 1. The highest BCUT2D eigenvalue weighted by molar-refractivity contribution is 5.95.